The Bertz CT molecular complexity index is 1490. The molecule has 0 bridgehead atoms. The van der Waals surface area contributed by atoms with Crippen LogP contribution in [0.3, 0.4) is 0 Å². The average Bonchev–Trinajstić information content (AvgIpc) is 3.25. The molecule has 1 aliphatic carbocycles. The van der Waals surface area contributed by atoms with Gasteiger partial charge in [-0.05, 0) is 51.1 Å². The molecule has 4 aromatic rings. The number of aliphatic carboxylic acids is 1. The van der Waals surface area contributed by atoms with Gasteiger partial charge in [0, 0.05) is 12.3 Å². The first kappa shape index (κ1) is 26.8. The fourth-order valence-corrected chi connectivity index (χ4v) is 4.92. The highest BCUT2D eigenvalue weighted by Gasteiger charge is 2.31. The van der Waals surface area contributed by atoms with Crippen LogP contribution in [0.4, 0.5) is 18.0 Å². The van der Waals surface area contributed by atoms with Crippen LogP contribution in [-0.4, -0.2) is 36.2 Å². The van der Waals surface area contributed by atoms with E-state index in [-0.39, 0.29) is 24.7 Å². The summed E-state index contributed by atoms with van der Waals surface area (Å²) in [7, 11) is 0. The number of alkyl halides is 3. The maximum atomic E-state index is 12.6. The zero-order valence-electron chi connectivity index (χ0n) is 21.0. The Labute approximate surface area is 228 Å². The van der Waals surface area contributed by atoms with Crippen LogP contribution in [-0.2, 0) is 16.0 Å². The van der Waals surface area contributed by atoms with Gasteiger partial charge in [0.15, 0.2) is 0 Å². The van der Waals surface area contributed by atoms with Crippen molar-refractivity contribution >= 4 is 12.1 Å². The van der Waals surface area contributed by atoms with Crippen molar-refractivity contribution in [1.29, 1.82) is 0 Å². The van der Waals surface area contributed by atoms with Crippen molar-refractivity contribution in [3.63, 3.8) is 0 Å². The van der Waals surface area contributed by atoms with Crippen LogP contribution in [0.25, 0.3) is 22.3 Å². The van der Waals surface area contributed by atoms with E-state index in [9.17, 15) is 27.9 Å². The SMILES string of the molecule is O=C(N[C@@H](Cc1ccc(-c2cccc(OC(F)(F)F)c2)cc1)C(=O)O)OCC1c2ccccc2-c2ccccc21. The van der Waals surface area contributed by atoms with Gasteiger partial charge in [-0.25, -0.2) is 9.59 Å². The number of carbonyl (C=O) groups is 2. The molecule has 6 nitrogen and oxygen atoms in total. The molecule has 0 unspecified atom stereocenters. The van der Waals surface area contributed by atoms with Crippen molar-refractivity contribution in [2.24, 2.45) is 0 Å². The first-order valence-corrected chi connectivity index (χ1v) is 12.5. The Morgan fingerprint density at radius 1 is 0.825 bits per heavy atom. The maximum absolute atomic E-state index is 12.6. The summed E-state index contributed by atoms with van der Waals surface area (Å²) >= 11 is 0. The van der Waals surface area contributed by atoms with E-state index < -0.39 is 24.5 Å². The Morgan fingerprint density at radius 3 is 2.05 bits per heavy atom. The highest BCUT2D eigenvalue weighted by molar-refractivity contribution is 5.81. The lowest BCUT2D eigenvalue weighted by atomic mass is 9.98. The van der Waals surface area contributed by atoms with Gasteiger partial charge in [0.05, 0.1) is 0 Å². The number of benzene rings is 4. The Kier molecular flexibility index (Phi) is 7.46. The largest absolute Gasteiger partial charge is 0.573 e. The van der Waals surface area contributed by atoms with Crippen molar-refractivity contribution < 1.29 is 37.3 Å². The standard InChI is InChI=1S/C31H24F3NO5/c32-31(33,34)40-22-7-5-6-21(17-22)20-14-12-19(13-15-20)16-28(29(36)37)35-30(38)39-18-27-25-10-3-1-8-23(25)24-9-2-4-11-26(24)27/h1-15,17,27-28H,16,18H2,(H,35,38)(H,36,37)/t28-/m0/s1. The molecule has 0 radical (unpaired) electrons. The van der Waals surface area contributed by atoms with E-state index in [0.717, 1.165) is 22.3 Å². The van der Waals surface area contributed by atoms with E-state index >= 15 is 0 Å². The number of alkyl carbamates (subject to hydrolysis) is 1. The fraction of sp³-hybridized carbons (Fsp3) is 0.161. The second-order valence-corrected chi connectivity index (χ2v) is 9.34. The Morgan fingerprint density at radius 2 is 1.45 bits per heavy atom. The third-order valence-corrected chi connectivity index (χ3v) is 6.73. The summed E-state index contributed by atoms with van der Waals surface area (Å²) in [5.74, 6) is -1.73. The summed E-state index contributed by atoms with van der Waals surface area (Å²) in [6, 6.07) is 26.7. The second kappa shape index (κ2) is 11.1. The zero-order chi connectivity index (χ0) is 28.3. The summed E-state index contributed by atoms with van der Waals surface area (Å²) in [6.45, 7) is 0.0536. The lowest BCUT2D eigenvalue weighted by Crippen LogP contribution is -2.42. The van der Waals surface area contributed by atoms with E-state index in [1.54, 1.807) is 30.3 Å². The highest BCUT2D eigenvalue weighted by Crippen LogP contribution is 2.44. The van der Waals surface area contributed by atoms with Crippen molar-refractivity contribution in [1.82, 2.24) is 5.32 Å². The van der Waals surface area contributed by atoms with Crippen molar-refractivity contribution in [2.45, 2.75) is 24.7 Å². The molecular formula is C31H24F3NO5. The van der Waals surface area contributed by atoms with Crippen molar-refractivity contribution in [3.05, 3.63) is 114 Å². The van der Waals surface area contributed by atoms with E-state index in [2.05, 4.69) is 10.1 Å². The molecule has 1 atom stereocenters. The van der Waals surface area contributed by atoms with E-state index in [4.69, 9.17) is 4.74 Å². The first-order valence-electron chi connectivity index (χ1n) is 12.5. The van der Waals surface area contributed by atoms with Crippen LogP contribution < -0.4 is 10.1 Å². The zero-order valence-corrected chi connectivity index (χ0v) is 21.0. The number of ether oxygens (including phenoxy) is 2. The minimum Gasteiger partial charge on any atom is -0.480 e. The second-order valence-electron chi connectivity index (χ2n) is 9.34. The van der Waals surface area contributed by atoms with Crippen LogP contribution in [0.2, 0.25) is 0 Å². The number of carboxylic acids is 1. The van der Waals surface area contributed by atoms with Crippen LogP contribution in [0, 0.1) is 0 Å². The number of hydrogen-bond acceptors (Lipinski definition) is 4. The molecule has 2 N–H and O–H groups in total. The molecule has 4 aromatic carbocycles. The fourth-order valence-electron chi connectivity index (χ4n) is 4.92. The topological polar surface area (TPSA) is 84.9 Å². The molecule has 1 amide bonds. The van der Waals surface area contributed by atoms with Crippen LogP contribution >= 0.6 is 0 Å². The minimum atomic E-state index is -4.80. The number of carbonyl (C=O) groups excluding carboxylic acids is 1. The molecule has 0 aliphatic heterocycles. The van der Waals surface area contributed by atoms with Gasteiger partial charge in [-0.2, -0.15) is 0 Å². The maximum Gasteiger partial charge on any atom is 0.573 e. The molecule has 40 heavy (non-hydrogen) atoms. The number of halogens is 3. The quantitative estimate of drug-likeness (QED) is 0.254. The number of nitrogens with one attached hydrogen (secondary N) is 1. The van der Waals surface area contributed by atoms with E-state index in [1.807, 2.05) is 48.5 Å². The van der Waals surface area contributed by atoms with Gasteiger partial charge in [-0.1, -0.05) is 84.9 Å². The first-order chi connectivity index (χ1) is 19.2. The number of carboxylic acid groups (broad SMARTS) is 1. The van der Waals surface area contributed by atoms with Gasteiger partial charge in [0.25, 0.3) is 0 Å². The average molecular weight is 548 g/mol. The molecule has 204 valence electrons. The molecule has 0 saturated heterocycles. The number of rotatable bonds is 8. The van der Waals surface area contributed by atoms with Gasteiger partial charge in [-0.15, -0.1) is 13.2 Å². The molecule has 0 spiro atoms. The third kappa shape index (κ3) is 6.09. The minimum absolute atomic E-state index is 0.0168. The molecule has 5 rings (SSSR count). The normalized spacial score (nSPS) is 13.2. The van der Waals surface area contributed by atoms with E-state index in [0.29, 0.717) is 16.7 Å². The molecule has 0 saturated carbocycles. The van der Waals surface area contributed by atoms with Crippen molar-refractivity contribution in [3.8, 4) is 28.0 Å². The van der Waals surface area contributed by atoms with Crippen LogP contribution in [0.15, 0.2) is 97.1 Å². The van der Waals surface area contributed by atoms with Crippen molar-refractivity contribution in [2.75, 3.05) is 6.61 Å². The number of hydrogen-bond donors (Lipinski definition) is 2. The van der Waals surface area contributed by atoms with Gasteiger partial charge in [0.2, 0.25) is 0 Å². The lowest BCUT2D eigenvalue weighted by Gasteiger charge is -2.18. The lowest BCUT2D eigenvalue weighted by molar-refractivity contribution is -0.274. The smallest absolute Gasteiger partial charge is 0.480 e. The monoisotopic (exact) mass is 547 g/mol. The number of amides is 1. The predicted octanol–water partition coefficient (Wildman–Crippen LogP) is 6.79. The van der Waals surface area contributed by atoms with Gasteiger partial charge in [-0.3, -0.25) is 0 Å². The summed E-state index contributed by atoms with van der Waals surface area (Å²) in [6.07, 6.45) is -5.65. The van der Waals surface area contributed by atoms with Crippen LogP contribution in [0.1, 0.15) is 22.6 Å². The molecule has 0 aromatic heterocycles. The van der Waals surface area contributed by atoms with Gasteiger partial charge >= 0.3 is 18.4 Å². The summed E-state index contributed by atoms with van der Waals surface area (Å²) in [5.41, 5.74) is 5.98. The van der Waals surface area contributed by atoms with E-state index in [1.165, 1.54) is 18.2 Å². The summed E-state index contributed by atoms with van der Waals surface area (Å²) < 4.78 is 47.1. The third-order valence-electron chi connectivity index (χ3n) is 6.73. The summed E-state index contributed by atoms with van der Waals surface area (Å²) in [4.78, 5) is 24.5. The number of fused-ring (bicyclic) bond motifs is 3. The highest BCUT2D eigenvalue weighted by atomic mass is 19.4. The molecule has 9 heteroatoms. The van der Waals surface area contributed by atoms with Gasteiger partial charge in [0.1, 0.15) is 18.4 Å². The molecular weight excluding hydrogens is 523 g/mol. The Hall–Kier alpha value is -4.79. The molecule has 0 heterocycles. The predicted molar refractivity (Wildman–Crippen MR) is 142 cm³/mol. The summed E-state index contributed by atoms with van der Waals surface area (Å²) in [5, 5.41) is 12.1. The Balaban J connectivity index is 1.21. The molecule has 1 aliphatic rings. The molecule has 0 fully saturated rings. The van der Waals surface area contributed by atoms with Gasteiger partial charge < -0.3 is 19.9 Å². The van der Waals surface area contributed by atoms with Crippen LogP contribution in [0.5, 0.6) is 5.75 Å².